The maximum Gasteiger partial charge on any atom is 0.123 e. The number of hydrogen-bond acceptors (Lipinski definition) is 1. The smallest absolute Gasteiger partial charge is 0.123 e. The van der Waals surface area contributed by atoms with Crippen LogP contribution in [0.4, 0.5) is 4.39 Å². The number of rotatable bonds is 3. The van der Waals surface area contributed by atoms with Crippen LogP contribution in [0.15, 0.2) is 24.3 Å². The molecular weight excluding hydrogens is 249 g/mol. The molecule has 2 aliphatic rings. The van der Waals surface area contributed by atoms with E-state index < -0.39 is 0 Å². The second kappa shape index (κ2) is 5.85. The predicted molar refractivity (Wildman–Crippen MR) is 81.3 cm³/mol. The second-order valence-corrected chi connectivity index (χ2v) is 7.20. The SMILES string of the molecule is CC1CC(C)CC(NC2CC(c3ccc(F)cc3)C2)C1. The number of benzene rings is 1. The highest BCUT2D eigenvalue weighted by Crippen LogP contribution is 2.38. The van der Waals surface area contributed by atoms with Gasteiger partial charge in [0.1, 0.15) is 5.82 Å². The molecule has 0 aliphatic heterocycles. The average Bonchev–Trinajstić information content (AvgIpc) is 2.33. The van der Waals surface area contributed by atoms with E-state index in [1.54, 1.807) is 12.1 Å². The van der Waals surface area contributed by atoms with Gasteiger partial charge in [-0.25, -0.2) is 4.39 Å². The van der Waals surface area contributed by atoms with Gasteiger partial charge in [0.15, 0.2) is 0 Å². The van der Waals surface area contributed by atoms with Gasteiger partial charge in [-0.15, -0.1) is 0 Å². The minimum absolute atomic E-state index is 0.132. The first-order chi connectivity index (χ1) is 9.60. The Morgan fingerprint density at radius 1 is 0.850 bits per heavy atom. The molecule has 0 radical (unpaired) electrons. The van der Waals surface area contributed by atoms with Gasteiger partial charge < -0.3 is 5.32 Å². The molecule has 0 aromatic heterocycles. The summed E-state index contributed by atoms with van der Waals surface area (Å²) in [5, 5.41) is 3.85. The van der Waals surface area contributed by atoms with Crippen LogP contribution in [0, 0.1) is 17.7 Å². The van der Waals surface area contributed by atoms with Crippen molar-refractivity contribution in [1.82, 2.24) is 5.32 Å². The summed E-state index contributed by atoms with van der Waals surface area (Å²) in [5.74, 6) is 2.23. The van der Waals surface area contributed by atoms with Gasteiger partial charge in [-0.3, -0.25) is 0 Å². The molecule has 0 spiro atoms. The molecule has 110 valence electrons. The van der Waals surface area contributed by atoms with Crippen LogP contribution in [-0.4, -0.2) is 12.1 Å². The van der Waals surface area contributed by atoms with Crippen LogP contribution in [-0.2, 0) is 0 Å². The molecule has 1 aromatic carbocycles. The fourth-order valence-corrected chi connectivity index (χ4v) is 4.18. The van der Waals surface area contributed by atoms with Gasteiger partial charge in [0, 0.05) is 12.1 Å². The number of halogens is 1. The Bertz CT molecular complexity index is 425. The van der Waals surface area contributed by atoms with Crippen molar-refractivity contribution in [3.63, 3.8) is 0 Å². The Morgan fingerprint density at radius 2 is 1.40 bits per heavy atom. The first kappa shape index (κ1) is 14.1. The van der Waals surface area contributed by atoms with Crippen molar-refractivity contribution in [3.8, 4) is 0 Å². The first-order valence-corrected chi connectivity index (χ1v) is 8.11. The van der Waals surface area contributed by atoms with E-state index in [0.717, 1.165) is 11.8 Å². The third kappa shape index (κ3) is 3.22. The Balaban J connectivity index is 1.47. The molecule has 20 heavy (non-hydrogen) atoms. The van der Waals surface area contributed by atoms with E-state index in [0.29, 0.717) is 18.0 Å². The molecule has 1 N–H and O–H groups in total. The molecule has 3 rings (SSSR count). The van der Waals surface area contributed by atoms with Crippen molar-refractivity contribution >= 4 is 0 Å². The summed E-state index contributed by atoms with van der Waals surface area (Å²) in [6.45, 7) is 4.76. The van der Waals surface area contributed by atoms with Gasteiger partial charge in [0.2, 0.25) is 0 Å². The average molecular weight is 275 g/mol. The summed E-state index contributed by atoms with van der Waals surface area (Å²) < 4.78 is 12.9. The molecule has 2 saturated carbocycles. The minimum Gasteiger partial charge on any atom is -0.311 e. The van der Waals surface area contributed by atoms with Gasteiger partial charge in [0.05, 0.1) is 0 Å². The van der Waals surface area contributed by atoms with Crippen LogP contribution >= 0.6 is 0 Å². The zero-order valence-electron chi connectivity index (χ0n) is 12.6. The van der Waals surface area contributed by atoms with E-state index >= 15 is 0 Å². The summed E-state index contributed by atoms with van der Waals surface area (Å²) in [7, 11) is 0. The van der Waals surface area contributed by atoms with Crippen LogP contribution in [0.5, 0.6) is 0 Å². The molecule has 0 amide bonds. The molecule has 1 aromatic rings. The van der Waals surface area contributed by atoms with E-state index in [1.165, 1.54) is 37.7 Å². The third-order valence-corrected chi connectivity index (χ3v) is 5.13. The highest BCUT2D eigenvalue weighted by Gasteiger charge is 2.33. The van der Waals surface area contributed by atoms with Gasteiger partial charge >= 0.3 is 0 Å². The topological polar surface area (TPSA) is 12.0 Å². The maximum absolute atomic E-state index is 12.9. The minimum atomic E-state index is -0.132. The quantitative estimate of drug-likeness (QED) is 0.857. The van der Waals surface area contributed by atoms with E-state index in [2.05, 4.69) is 19.2 Å². The molecule has 0 heterocycles. The molecule has 2 atom stereocenters. The Morgan fingerprint density at radius 3 is 2.00 bits per heavy atom. The molecule has 2 fully saturated rings. The number of hydrogen-bond donors (Lipinski definition) is 1. The Kier molecular flexibility index (Phi) is 4.11. The van der Waals surface area contributed by atoms with Crippen molar-refractivity contribution in [3.05, 3.63) is 35.6 Å². The van der Waals surface area contributed by atoms with E-state index in [-0.39, 0.29) is 5.82 Å². The van der Waals surface area contributed by atoms with Crippen molar-refractivity contribution in [1.29, 1.82) is 0 Å². The first-order valence-electron chi connectivity index (χ1n) is 8.11. The van der Waals surface area contributed by atoms with Gasteiger partial charge in [-0.2, -0.15) is 0 Å². The van der Waals surface area contributed by atoms with Crippen LogP contribution in [0.2, 0.25) is 0 Å². The molecule has 0 saturated heterocycles. The molecular formula is C18H26FN. The van der Waals surface area contributed by atoms with Gasteiger partial charge in [0.25, 0.3) is 0 Å². The zero-order valence-corrected chi connectivity index (χ0v) is 12.6. The normalized spacial score (nSPS) is 37.5. The zero-order chi connectivity index (χ0) is 14.1. The van der Waals surface area contributed by atoms with E-state index in [4.69, 9.17) is 0 Å². The Hall–Kier alpha value is -0.890. The lowest BCUT2D eigenvalue weighted by Crippen LogP contribution is -2.47. The van der Waals surface area contributed by atoms with Crippen molar-refractivity contribution in [2.24, 2.45) is 11.8 Å². The fraction of sp³-hybridized carbons (Fsp3) is 0.667. The third-order valence-electron chi connectivity index (χ3n) is 5.13. The summed E-state index contributed by atoms with van der Waals surface area (Å²) >= 11 is 0. The van der Waals surface area contributed by atoms with Gasteiger partial charge in [-0.05, 0) is 67.6 Å². The monoisotopic (exact) mass is 275 g/mol. The van der Waals surface area contributed by atoms with Crippen LogP contribution < -0.4 is 5.32 Å². The highest BCUT2D eigenvalue weighted by molar-refractivity contribution is 5.23. The summed E-state index contributed by atoms with van der Waals surface area (Å²) in [4.78, 5) is 0. The summed E-state index contributed by atoms with van der Waals surface area (Å²) in [6, 6.07) is 8.45. The number of nitrogens with one attached hydrogen (secondary N) is 1. The second-order valence-electron chi connectivity index (χ2n) is 7.20. The van der Waals surface area contributed by atoms with Gasteiger partial charge in [-0.1, -0.05) is 26.0 Å². The molecule has 2 heteroatoms. The Labute approximate surface area is 122 Å². The largest absolute Gasteiger partial charge is 0.311 e. The van der Waals surface area contributed by atoms with Crippen LogP contribution in [0.1, 0.15) is 57.4 Å². The van der Waals surface area contributed by atoms with Crippen molar-refractivity contribution in [2.75, 3.05) is 0 Å². The van der Waals surface area contributed by atoms with E-state index in [1.807, 2.05) is 12.1 Å². The van der Waals surface area contributed by atoms with Crippen LogP contribution in [0.3, 0.4) is 0 Å². The molecule has 0 bridgehead atoms. The lowest BCUT2D eigenvalue weighted by atomic mass is 9.74. The lowest BCUT2D eigenvalue weighted by Gasteiger charge is -2.41. The van der Waals surface area contributed by atoms with Crippen molar-refractivity contribution in [2.45, 2.75) is 64.0 Å². The molecule has 2 unspecified atom stereocenters. The highest BCUT2D eigenvalue weighted by atomic mass is 19.1. The standard InChI is InChI=1S/C18H26FN/c1-12-7-13(2)9-17(8-12)20-18-10-15(11-18)14-3-5-16(19)6-4-14/h3-6,12-13,15,17-18,20H,7-11H2,1-2H3. The fourth-order valence-electron chi connectivity index (χ4n) is 4.18. The lowest BCUT2D eigenvalue weighted by molar-refractivity contribution is 0.188. The molecule has 2 aliphatic carbocycles. The van der Waals surface area contributed by atoms with Crippen molar-refractivity contribution < 1.29 is 4.39 Å². The maximum atomic E-state index is 12.9. The summed E-state index contributed by atoms with van der Waals surface area (Å²) in [5.41, 5.74) is 1.30. The summed E-state index contributed by atoms with van der Waals surface area (Å²) in [6.07, 6.45) is 6.49. The predicted octanol–water partition coefficient (Wildman–Crippen LogP) is 4.49. The van der Waals surface area contributed by atoms with E-state index in [9.17, 15) is 4.39 Å². The molecule has 1 nitrogen and oxygen atoms in total. The van der Waals surface area contributed by atoms with Crippen LogP contribution in [0.25, 0.3) is 0 Å².